The van der Waals surface area contributed by atoms with Crippen molar-refractivity contribution in [3.63, 3.8) is 0 Å². The van der Waals surface area contributed by atoms with Crippen LogP contribution in [0.3, 0.4) is 0 Å². The lowest BCUT2D eigenvalue weighted by atomic mass is 9.96. The molecular formula is C56H101NO18. The standard InChI is InChI=1S/C56H101NO18/c1-3-5-7-9-11-13-15-17-19-20-22-24-26-28-30-32-34-44(62)57-39(40(61)33-31-29-27-25-23-21-18-16-14-12-10-8-6-4-2)38-70-54-50(68)47(65)52(42(36-59)72-54)75-56-51(69)48(66)53(43(37-60)73-56)74-55-49(67)46(64)45(63)41(35-58)71-55/h19-20,23,25,31,33,39-43,45-56,58-61,63-69H,3-18,21-22,24,26-30,32,34-38H2,1-2H3,(H,57,62)/b20-19-,25-23+,33-31+. The molecule has 0 aromatic rings. The predicted octanol–water partition coefficient (Wildman–Crippen LogP) is 4.15. The second-order valence-electron chi connectivity index (χ2n) is 20.7. The average Bonchev–Trinajstić information content (AvgIpc) is 3.41. The van der Waals surface area contributed by atoms with Crippen LogP contribution in [0.1, 0.15) is 181 Å². The summed E-state index contributed by atoms with van der Waals surface area (Å²) in [5.41, 5.74) is 0. The van der Waals surface area contributed by atoms with Crippen molar-refractivity contribution in [2.75, 3.05) is 26.4 Å². The normalized spacial score (nSPS) is 31.5. The highest BCUT2D eigenvalue weighted by atomic mass is 16.8. The maximum Gasteiger partial charge on any atom is 0.220 e. The maximum absolute atomic E-state index is 13.3. The number of carbonyl (C=O) groups excluding carboxylic acids is 1. The molecular weight excluding hydrogens is 975 g/mol. The first-order valence-electron chi connectivity index (χ1n) is 28.7. The quantitative estimate of drug-likeness (QED) is 0.0302. The Hall–Kier alpha value is -1.99. The molecule has 0 aromatic carbocycles. The van der Waals surface area contributed by atoms with E-state index < -0.39 is 124 Å². The summed E-state index contributed by atoms with van der Waals surface area (Å²) in [7, 11) is 0. The highest BCUT2D eigenvalue weighted by Crippen LogP contribution is 2.33. The van der Waals surface area contributed by atoms with Gasteiger partial charge in [-0.1, -0.05) is 153 Å². The van der Waals surface area contributed by atoms with Crippen molar-refractivity contribution in [2.24, 2.45) is 0 Å². The Balaban J connectivity index is 1.54. The van der Waals surface area contributed by atoms with Crippen LogP contribution in [-0.2, 0) is 33.2 Å². The number of hydrogen-bond acceptors (Lipinski definition) is 18. The van der Waals surface area contributed by atoms with Gasteiger partial charge in [0.15, 0.2) is 18.9 Å². The molecule has 0 spiro atoms. The van der Waals surface area contributed by atoms with Gasteiger partial charge >= 0.3 is 0 Å². The minimum atomic E-state index is -1.98. The third-order valence-corrected chi connectivity index (χ3v) is 14.4. The van der Waals surface area contributed by atoms with Gasteiger partial charge in [0.1, 0.15) is 73.2 Å². The van der Waals surface area contributed by atoms with Gasteiger partial charge in [-0.2, -0.15) is 0 Å². The van der Waals surface area contributed by atoms with Crippen LogP contribution in [0.5, 0.6) is 0 Å². The van der Waals surface area contributed by atoms with E-state index in [1.807, 2.05) is 6.08 Å². The molecule has 3 saturated heterocycles. The maximum atomic E-state index is 13.3. The Kier molecular flexibility index (Phi) is 36.1. The van der Waals surface area contributed by atoms with Crippen molar-refractivity contribution < 1.29 is 89.4 Å². The van der Waals surface area contributed by atoms with Gasteiger partial charge in [0.05, 0.1) is 38.6 Å². The number of carbonyl (C=O) groups is 1. The first-order chi connectivity index (χ1) is 36.3. The van der Waals surface area contributed by atoms with E-state index in [-0.39, 0.29) is 18.9 Å². The van der Waals surface area contributed by atoms with E-state index in [4.69, 9.17) is 28.4 Å². The predicted molar refractivity (Wildman–Crippen MR) is 282 cm³/mol. The van der Waals surface area contributed by atoms with Crippen molar-refractivity contribution in [3.8, 4) is 0 Å². The molecule has 3 rings (SSSR count). The van der Waals surface area contributed by atoms with E-state index in [9.17, 15) is 61.0 Å². The number of hydrogen-bond donors (Lipinski definition) is 12. The van der Waals surface area contributed by atoms with Crippen molar-refractivity contribution in [2.45, 2.75) is 285 Å². The summed E-state index contributed by atoms with van der Waals surface area (Å²) in [6.45, 7) is 1.66. The Morgan fingerprint density at radius 2 is 0.853 bits per heavy atom. The van der Waals surface area contributed by atoms with Gasteiger partial charge in [-0.15, -0.1) is 0 Å². The van der Waals surface area contributed by atoms with E-state index in [0.29, 0.717) is 12.8 Å². The number of aliphatic hydroxyl groups excluding tert-OH is 11. The Morgan fingerprint density at radius 3 is 1.33 bits per heavy atom. The molecule has 3 heterocycles. The van der Waals surface area contributed by atoms with Crippen LogP contribution in [0.4, 0.5) is 0 Å². The first-order valence-corrected chi connectivity index (χ1v) is 28.7. The number of rotatable bonds is 41. The molecule has 3 aliphatic heterocycles. The molecule has 17 unspecified atom stereocenters. The van der Waals surface area contributed by atoms with Crippen LogP contribution in [0.25, 0.3) is 0 Å². The van der Waals surface area contributed by atoms with Gasteiger partial charge < -0.3 is 89.9 Å². The Morgan fingerprint density at radius 1 is 0.467 bits per heavy atom. The molecule has 3 fully saturated rings. The van der Waals surface area contributed by atoms with Crippen LogP contribution in [0, 0.1) is 0 Å². The van der Waals surface area contributed by atoms with E-state index in [0.717, 1.165) is 57.8 Å². The van der Waals surface area contributed by atoms with Gasteiger partial charge in [-0.25, -0.2) is 0 Å². The number of unbranched alkanes of at least 4 members (excludes halogenated alkanes) is 21. The van der Waals surface area contributed by atoms with E-state index in [1.165, 1.54) is 89.9 Å². The summed E-state index contributed by atoms with van der Waals surface area (Å²) in [6, 6.07) is -0.991. The van der Waals surface area contributed by atoms with Crippen molar-refractivity contribution in [1.82, 2.24) is 5.32 Å². The highest BCUT2D eigenvalue weighted by molar-refractivity contribution is 5.76. The summed E-state index contributed by atoms with van der Waals surface area (Å²) < 4.78 is 34.2. The number of allylic oxidation sites excluding steroid dienone is 5. The zero-order chi connectivity index (χ0) is 54.8. The molecule has 12 N–H and O–H groups in total. The van der Waals surface area contributed by atoms with Crippen molar-refractivity contribution in [1.29, 1.82) is 0 Å². The van der Waals surface area contributed by atoms with Crippen LogP contribution in [0.15, 0.2) is 36.5 Å². The van der Waals surface area contributed by atoms with Crippen LogP contribution in [-0.4, -0.2) is 193 Å². The molecule has 0 bridgehead atoms. The number of ether oxygens (including phenoxy) is 6. The number of aliphatic hydroxyl groups is 11. The molecule has 0 aliphatic carbocycles. The Labute approximate surface area is 447 Å². The fourth-order valence-corrected chi connectivity index (χ4v) is 9.61. The lowest BCUT2D eigenvalue weighted by Crippen LogP contribution is -2.66. The second-order valence-corrected chi connectivity index (χ2v) is 20.7. The SMILES string of the molecule is CCCCCCCCC/C=C\CCCCCCCC(=O)NC(COC1OC(CO)C(OC2OC(CO)C(OC3OC(CO)C(O)C(O)C3O)C(O)C2O)C(O)C1O)C(O)/C=C/CC/C=C/CCCCCCCCCC. The number of amides is 1. The van der Waals surface area contributed by atoms with Gasteiger partial charge in [0.25, 0.3) is 0 Å². The van der Waals surface area contributed by atoms with Gasteiger partial charge in [-0.3, -0.25) is 4.79 Å². The largest absolute Gasteiger partial charge is 0.394 e. The zero-order valence-electron chi connectivity index (χ0n) is 45.3. The minimum absolute atomic E-state index is 0.226. The highest BCUT2D eigenvalue weighted by Gasteiger charge is 2.53. The fourth-order valence-electron chi connectivity index (χ4n) is 9.61. The summed E-state index contributed by atoms with van der Waals surface area (Å²) in [5.74, 6) is -0.296. The molecule has 75 heavy (non-hydrogen) atoms. The monoisotopic (exact) mass is 1080 g/mol. The average molecular weight is 1080 g/mol. The van der Waals surface area contributed by atoms with Crippen molar-refractivity contribution >= 4 is 5.91 Å². The third kappa shape index (κ3) is 24.9. The smallest absolute Gasteiger partial charge is 0.220 e. The summed E-state index contributed by atoms with van der Waals surface area (Å²) >= 11 is 0. The molecule has 3 aliphatic rings. The van der Waals surface area contributed by atoms with Crippen LogP contribution < -0.4 is 5.32 Å². The molecule has 17 atom stereocenters. The first kappa shape index (κ1) is 67.3. The molecule has 438 valence electrons. The minimum Gasteiger partial charge on any atom is -0.394 e. The summed E-state index contributed by atoms with van der Waals surface area (Å²) in [4.78, 5) is 13.3. The molecule has 0 saturated carbocycles. The molecule has 19 heteroatoms. The fraction of sp³-hybridized carbons (Fsp3) is 0.875. The number of nitrogens with one attached hydrogen (secondary N) is 1. The third-order valence-electron chi connectivity index (χ3n) is 14.4. The summed E-state index contributed by atoms with van der Waals surface area (Å²) in [6.07, 6.45) is 14.2. The second kappa shape index (κ2) is 40.2. The van der Waals surface area contributed by atoms with Gasteiger partial charge in [0, 0.05) is 6.42 Å². The molecule has 1 amide bonds. The topological polar surface area (TPSA) is 307 Å². The van der Waals surface area contributed by atoms with Crippen molar-refractivity contribution in [3.05, 3.63) is 36.5 Å². The summed E-state index contributed by atoms with van der Waals surface area (Å²) in [5, 5.41) is 120. The molecule has 19 nitrogen and oxygen atoms in total. The van der Waals surface area contributed by atoms with E-state index in [2.05, 4.69) is 43.5 Å². The molecule has 0 radical (unpaired) electrons. The van der Waals surface area contributed by atoms with Crippen LogP contribution in [0.2, 0.25) is 0 Å². The lowest BCUT2D eigenvalue weighted by molar-refractivity contribution is -0.379. The van der Waals surface area contributed by atoms with E-state index >= 15 is 0 Å². The van der Waals surface area contributed by atoms with E-state index in [1.54, 1.807) is 6.08 Å². The molecule has 0 aromatic heterocycles. The van der Waals surface area contributed by atoms with Gasteiger partial charge in [0.2, 0.25) is 5.91 Å². The van der Waals surface area contributed by atoms with Crippen LogP contribution >= 0.6 is 0 Å². The van der Waals surface area contributed by atoms with Gasteiger partial charge in [-0.05, 0) is 57.8 Å². The lowest BCUT2D eigenvalue weighted by Gasteiger charge is -2.48. The Bertz CT molecular complexity index is 1520. The zero-order valence-corrected chi connectivity index (χ0v) is 45.3.